The summed E-state index contributed by atoms with van der Waals surface area (Å²) in [5.41, 5.74) is 2.43. The Morgan fingerprint density at radius 2 is 2.04 bits per heavy atom. The number of carbonyl (C=O) groups is 1. The van der Waals surface area contributed by atoms with E-state index in [1.165, 1.54) is 24.5 Å². The third kappa shape index (κ3) is 3.91. The average Bonchev–Trinajstić information content (AvgIpc) is 2.68. The van der Waals surface area contributed by atoms with E-state index in [4.69, 9.17) is 9.72 Å². The second kappa shape index (κ2) is 7.35. The van der Waals surface area contributed by atoms with Gasteiger partial charge in [0.25, 0.3) is 5.91 Å². The van der Waals surface area contributed by atoms with Crippen molar-refractivity contribution in [2.45, 2.75) is 32.7 Å². The highest BCUT2D eigenvalue weighted by molar-refractivity contribution is 5.94. The number of nitrogens with one attached hydrogen (secondary N) is 1. The molecule has 0 saturated carbocycles. The van der Waals surface area contributed by atoms with Crippen LogP contribution in [0.25, 0.3) is 0 Å². The molecule has 0 bridgehead atoms. The summed E-state index contributed by atoms with van der Waals surface area (Å²) in [6.07, 6.45) is 6.15. The molecule has 4 rings (SSSR count). The van der Waals surface area contributed by atoms with Crippen molar-refractivity contribution in [3.05, 3.63) is 52.8 Å². The minimum Gasteiger partial charge on any atom is -0.619 e. The van der Waals surface area contributed by atoms with Gasteiger partial charge in [-0.15, -0.1) is 0 Å². The lowest BCUT2D eigenvalue weighted by Crippen LogP contribution is -2.40. The second-order valence-electron chi connectivity index (χ2n) is 8.19. The molecule has 28 heavy (non-hydrogen) atoms. The van der Waals surface area contributed by atoms with E-state index in [1.807, 2.05) is 6.20 Å². The van der Waals surface area contributed by atoms with Crippen LogP contribution in [0.15, 0.2) is 30.7 Å². The third-order valence-electron chi connectivity index (χ3n) is 5.33. The smallest absolute Gasteiger partial charge is 0.252 e. The van der Waals surface area contributed by atoms with Crippen LogP contribution in [-0.4, -0.2) is 42.2 Å². The van der Waals surface area contributed by atoms with Crippen LogP contribution in [0, 0.1) is 10.6 Å². The fraction of sp³-hybridized carbons (Fsp3) is 0.500. The quantitative estimate of drug-likeness (QED) is 0.636. The highest BCUT2D eigenvalue weighted by Gasteiger charge is 2.35. The van der Waals surface area contributed by atoms with Gasteiger partial charge in [-0.25, -0.2) is 9.97 Å². The van der Waals surface area contributed by atoms with Gasteiger partial charge >= 0.3 is 0 Å². The SMILES string of the molecule is CC1(C)Cc2nc(N3CCOCC3)ncc2[C@@H](NC(=O)c2cc[n+]([O-])cc2)C1. The highest BCUT2D eigenvalue weighted by Crippen LogP contribution is 2.40. The molecule has 0 radical (unpaired) electrons. The van der Waals surface area contributed by atoms with Gasteiger partial charge in [0.15, 0.2) is 12.4 Å². The molecule has 2 aromatic rings. The largest absolute Gasteiger partial charge is 0.619 e. The van der Waals surface area contributed by atoms with E-state index in [-0.39, 0.29) is 17.4 Å². The zero-order valence-corrected chi connectivity index (χ0v) is 16.2. The zero-order valence-electron chi connectivity index (χ0n) is 16.2. The predicted octanol–water partition coefficient (Wildman–Crippen LogP) is 1.39. The van der Waals surface area contributed by atoms with Gasteiger partial charge < -0.3 is 20.2 Å². The van der Waals surface area contributed by atoms with Crippen LogP contribution in [0.1, 0.15) is 47.9 Å². The Hall–Kier alpha value is -2.74. The summed E-state index contributed by atoms with van der Waals surface area (Å²) in [5, 5.41) is 14.3. The molecular weight excluding hydrogens is 358 g/mol. The van der Waals surface area contributed by atoms with Gasteiger partial charge in [-0.05, 0) is 18.3 Å². The Bertz CT molecular complexity index is 863. The van der Waals surface area contributed by atoms with E-state index in [0.29, 0.717) is 23.5 Å². The number of morpholine rings is 1. The third-order valence-corrected chi connectivity index (χ3v) is 5.33. The molecule has 1 aliphatic heterocycles. The first-order valence-electron chi connectivity index (χ1n) is 9.59. The molecule has 1 aliphatic carbocycles. The predicted molar refractivity (Wildman–Crippen MR) is 103 cm³/mol. The van der Waals surface area contributed by atoms with Crippen molar-refractivity contribution in [3.8, 4) is 0 Å². The lowest BCUT2D eigenvalue weighted by molar-refractivity contribution is -0.605. The monoisotopic (exact) mass is 383 g/mol. The number of amides is 1. The first-order chi connectivity index (χ1) is 13.4. The summed E-state index contributed by atoms with van der Waals surface area (Å²) >= 11 is 0. The molecule has 3 heterocycles. The van der Waals surface area contributed by atoms with E-state index >= 15 is 0 Å². The second-order valence-corrected chi connectivity index (χ2v) is 8.19. The average molecular weight is 383 g/mol. The van der Waals surface area contributed by atoms with Gasteiger partial charge in [0.05, 0.1) is 30.5 Å². The van der Waals surface area contributed by atoms with E-state index in [1.54, 1.807) is 0 Å². The molecule has 0 unspecified atom stereocenters. The van der Waals surface area contributed by atoms with Gasteiger partial charge in [-0.1, -0.05) is 13.8 Å². The molecule has 2 aromatic heterocycles. The van der Waals surface area contributed by atoms with Crippen molar-refractivity contribution < 1.29 is 14.3 Å². The maximum Gasteiger partial charge on any atom is 0.252 e. The molecule has 1 amide bonds. The van der Waals surface area contributed by atoms with Crippen LogP contribution in [-0.2, 0) is 11.2 Å². The molecule has 148 valence electrons. The van der Waals surface area contributed by atoms with Gasteiger partial charge in [-0.2, -0.15) is 4.73 Å². The Labute approximate surface area is 164 Å². The summed E-state index contributed by atoms with van der Waals surface area (Å²) in [7, 11) is 0. The van der Waals surface area contributed by atoms with Crippen molar-refractivity contribution in [3.63, 3.8) is 0 Å². The lowest BCUT2D eigenvalue weighted by Gasteiger charge is -2.37. The fourth-order valence-electron chi connectivity index (χ4n) is 3.89. The van der Waals surface area contributed by atoms with E-state index < -0.39 is 0 Å². The van der Waals surface area contributed by atoms with Gasteiger partial charge in [0.1, 0.15) is 0 Å². The normalized spacial score (nSPS) is 21.1. The summed E-state index contributed by atoms with van der Waals surface area (Å²) in [6.45, 7) is 7.32. The number of pyridine rings is 1. The van der Waals surface area contributed by atoms with Crippen LogP contribution < -0.4 is 14.9 Å². The van der Waals surface area contributed by atoms with Crippen molar-refractivity contribution in [2.24, 2.45) is 5.41 Å². The van der Waals surface area contributed by atoms with Crippen molar-refractivity contribution in [1.82, 2.24) is 15.3 Å². The maximum atomic E-state index is 12.7. The maximum absolute atomic E-state index is 12.7. The van der Waals surface area contributed by atoms with Gasteiger partial charge in [0, 0.05) is 37.0 Å². The van der Waals surface area contributed by atoms with Crippen molar-refractivity contribution >= 4 is 11.9 Å². The minimum absolute atomic E-state index is 0.0102. The number of rotatable bonds is 3. The molecule has 0 aromatic carbocycles. The molecule has 1 fully saturated rings. The summed E-state index contributed by atoms with van der Waals surface area (Å²) in [6, 6.07) is 2.88. The molecule has 1 N–H and O–H groups in total. The van der Waals surface area contributed by atoms with Crippen LogP contribution in [0.5, 0.6) is 0 Å². The molecular formula is C20H25N5O3. The molecule has 2 aliphatic rings. The molecule has 0 spiro atoms. The van der Waals surface area contributed by atoms with Crippen LogP contribution in [0.2, 0.25) is 0 Å². The van der Waals surface area contributed by atoms with Gasteiger partial charge in [-0.3, -0.25) is 4.79 Å². The highest BCUT2D eigenvalue weighted by atomic mass is 16.5. The topological polar surface area (TPSA) is 94.3 Å². The molecule has 8 heteroatoms. The molecule has 1 saturated heterocycles. The Morgan fingerprint density at radius 3 is 2.75 bits per heavy atom. The van der Waals surface area contributed by atoms with Crippen molar-refractivity contribution in [1.29, 1.82) is 0 Å². The molecule has 8 nitrogen and oxygen atoms in total. The molecule has 1 atom stereocenters. The van der Waals surface area contributed by atoms with Gasteiger partial charge in [0.2, 0.25) is 5.95 Å². The number of fused-ring (bicyclic) bond motifs is 1. The zero-order chi connectivity index (χ0) is 19.7. The number of carbonyl (C=O) groups excluding carboxylic acids is 1. The number of hydrogen-bond acceptors (Lipinski definition) is 6. The number of ether oxygens (including phenoxy) is 1. The fourth-order valence-corrected chi connectivity index (χ4v) is 3.89. The Kier molecular flexibility index (Phi) is 4.89. The number of nitrogens with zero attached hydrogens (tertiary/aromatic N) is 4. The number of hydrogen-bond donors (Lipinski definition) is 1. The lowest BCUT2D eigenvalue weighted by atomic mass is 9.74. The number of aromatic nitrogens is 3. The first-order valence-corrected chi connectivity index (χ1v) is 9.59. The summed E-state index contributed by atoms with van der Waals surface area (Å²) in [5.74, 6) is 0.527. The van der Waals surface area contributed by atoms with Crippen LogP contribution in [0.4, 0.5) is 5.95 Å². The first kappa shape index (κ1) is 18.6. The Balaban J connectivity index is 1.59. The summed E-state index contributed by atoms with van der Waals surface area (Å²) in [4.78, 5) is 24.2. The minimum atomic E-state index is -0.202. The van der Waals surface area contributed by atoms with Crippen LogP contribution >= 0.6 is 0 Å². The Morgan fingerprint density at radius 1 is 1.32 bits per heavy atom. The van der Waals surface area contributed by atoms with Crippen LogP contribution in [0.3, 0.4) is 0 Å². The standard InChI is InChI=1S/C20H25N5O3/c1-20(2)11-16(22-18(26)14-3-5-25(27)6-4-14)15-13-21-19(23-17(15)12-20)24-7-9-28-10-8-24/h3-6,13,16H,7-12H2,1-2H3,(H,22,26)/t16-/m0/s1. The van der Waals surface area contributed by atoms with E-state index in [0.717, 1.165) is 43.1 Å². The summed E-state index contributed by atoms with van der Waals surface area (Å²) < 4.78 is 6.07. The van der Waals surface area contributed by atoms with Crippen molar-refractivity contribution in [2.75, 3.05) is 31.2 Å². The van der Waals surface area contributed by atoms with E-state index in [2.05, 4.69) is 29.0 Å². The van der Waals surface area contributed by atoms with E-state index in [9.17, 15) is 10.0 Å². The number of anilines is 1.